The Labute approximate surface area is 144 Å². The minimum atomic E-state index is -3.57. The van der Waals surface area contributed by atoms with Gasteiger partial charge in [-0.25, -0.2) is 8.42 Å². The Hall–Kier alpha value is -1.60. The van der Waals surface area contributed by atoms with E-state index in [1.807, 2.05) is 20.8 Å². The van der Waals surface area contributed by atoms with Gasteiger partial charge in [-0.3, -0.25) is 4.79 Å². The third kappa shape index (κ3) is 3.89. The van der Waals surface area contributed by atoms with Crippen LogP contribution in [0.1, 0.15) is 44.0 Å². The van der Waals surface area contributed by atoms with Crippen LogP contribution in [0.4, 0.5) is 0 Å². The smallest absolute Gasteiger partial charge is 0.255 e. The van der Waals surface area contributed by atoms with Gasteiger partial charge in [-0.2, -0.15) is 4.31 Å². The zero-order chi connectivity index (χ0) is 17.9. The number of methoxy groups -OCH3 is 1. The first-order valence-corrected chi connectivity index (χ1v) is 9.70. The van der Waals surface area contributed by atoms with Crippen molar-refractivity contribution in [3.8, 4) is 5.75 Å². The van der Waals surface area contributed by atoms with E-state index in [1.165, 1.54) is 29.6 Å². The molecule has 0 aliphatic carbocycles. The first kappa shape index (κ1) is 18.7. The molecule has 7 heteroatoms. The van der Waals surface area contributed by atoms with E-state index in [-0.39, 0.29) is 28.3 Å². The lowest BCUT2D eigenvalue weighted by molar-refractivity contribution is 0.0927. The molecule has 1 fully saturated rings. The van der Waals surface area contributed by atoms with Gasteiger partial charge in [0.2, 0.25) is 10.0 Å². The summed E-state index contributed by atoms with van der Waals surface area (Å²) in [5.74, 6) is 0.312. The highest BCUT2D eigenvalue weighted by atomic mass is 32.2. The molecule has 24 heavy (non-hydrogen) atoms. The van der Waals surface area contributed by atoms with E-state index in [4.69, 9.17) is 4.74 Å². The highest BCUT2D eigenvalue weighted by Gasteiger charge is 2.28. The summed E-state index contributed by atoms with van der Waals surface area (Å²) >= 11 is 0. The first-order chi connectivity index (χ1) is 11.3. The number of carbonyl (C=O) groups excluding carboxylic acids is 1. The summed E-state index contributed by atoms with van der Waals surface area (Å²) in [4.78, 5) is 12.7. The fraction of sp³-hybridized carbons (Fsp3) is 0.588. The highest BCUT2D eigenvalue weighted by molar-refractivity contribution is 7.89. The van der Waals surface area contributed by atoms with Crippen LogP contribution < -0.4 is 10.1 Å². The second kappa shape index (κ2) is 7.53. The molecule has 1 amide bonds. The number of amides is 1. The van der Waals surface area contributed by atoms with Crippen molar-refractivity contribution in [3.05, 3.63) is 23.8 Å². The Balaban J connectivity index is 2.35. The molecular weight excluding hydrogens is 328 g/mol. The molecule has 1 aliphatic rings. The molecule has 1 atom stereocenters. The average Bonchev–Trinajstić information content (AvgIpc) is 3.09. The normalized spacial score (nSPS) is 17.0. The lowest BCUT2D eigenvalue weighted by atomic mass is 10.1. The van der Waals surface area contributed by atoms with Gasteiger partial charge in [0.05, 0.1) is 17.6 Å². The van der Waals surface area contributed by atoms with E-state index in [9.17, 15) is 13.2 Å². The van der Waals surface area contributed by atoms with Crippen LogP contribution in [0.3, 0.4) is 0 Å². The minimum Gasteiger partial charge on any atom is -0.496 e. The van der Waals surface area contributed by atoms with Gasteiger partial charge in [-0.15, -0.1) is 0 Å². The lowest BCUT2D eigenvalue weighted by Gasteiger charge is -2.20. The van der Waals surface area contributed by atoms with Crippen LogP contribution >= 0.6 is 0 Å². The molecule has 1 aliphatic heterocycles. The molecule has 2 rings (SSSR count). The van der Waals surface area contributed by atoms with Gasteiger partial charge in [0.25, 0.3) is 5.91 Å². The third-order valence-electron chi connectivity index (χ3n) is 4.48. The van der Waals surface area contributed by atoms with Gasteiger partial charge in [-0.1, -0.05) is 13.8 Å². The summed E-state index contributed by atoms with van der Waals surface area (Å²) in [7, 11) is -2.10. The molecule has 1 saturated heterocycles. The Morgan fingerprint density at radius 3 is 2.38 bits per heavy atom. The number of carbonyl (C=O) groups is 1. The molecule has 6 nitrogen and oxygen atoms in total. The fourth-order valence-electron chi connectivity index (χ4n) is 2.55. The molecule has 1 heterocycles. The van der Waals surface area contributed by atoms with Crippen molar-refractivity contribution in [2.24, 2.45) is 5.92 Å². The van der Waals surface area contributed by atoms with Gasteiger partial charge in [0, 0.05) is 19.1 Å². The van der Waals surface area contributed by atoms with Crippen molar-refractivity contribution in [2.75, 3.05) is 20.2 Å². The van der Waals surface area contributed by atoms with Crippen molar-refractivity contribution in [2.45, 2.75) is 44.6 Å². The average molecular weight is 354 g/mol. The summed E-state index contributed by atoms with van der Waals surface area (Å²) in [5, 5.41) is 2.89. The van der Waals surface area contributed by atoms with Crippen LogP contribution in [0.5, 0.6) is 5.75 Å². The van der Waals surface area contributed by atoms with E-state index in [0.717, 1.165) is 12.8 Å². The number of hydrogen-bond acceptors (Lipinski definition) is 4. The number of hydrogen-bond donors (Lipinski definition) is 1. The molecular formula is C17H26N2O4S. The molecule has 0 aromatic heterocycles. The van der Waals surface area contributed by atoms with E-state index in [1.54, 1.807) is 0 Å². The van der Waals surface area contributed by atoms with Crippen molar-refractivity contribution in [1.82, 2.24) is 9.62 Å². The number of nitrogens with zero attached hydrogens (tertiary/aromatic N) is 1. The molecule has 1 N–H and O–H groups in total. The van der Waals surface area contributed by atoms with Crippen LogP contribution in [0, 0.1) is 5.92 Å². The van der Waals surface area contributed by atoms with E-state index in [2.05, 4.69) is 5.32 Å². The van der Waals surface area contributed by atoms with E-state index >= 15 is 0 Å². The van der Waals surface area contributed by atoms with Crippen molar-refractivity contribution in [3.63, 3.8) is 0 Å². The number of benzene rings is 1. The maximum atomic E-state index is 12.7. The van der Waals surface area contributed by atoms with Gasteiger partial charge in [0.1, 0.15) is 5.75 Å². The van der Waals surface area contributed by atoms with Crippen LogP contribution in [0.2, 0.25) is 0 Å². The molecule has 0 saturated carbocycles. The number of rotatable bonds is 6. The summed E-state index contributed by atoms with van der Waals surface area (Å²) in [5.41, 5.74) is 0.241. The molecule has 134 valence electrons. The van der Waals surface area contributed by atoms with Crippen molar-refractivity contribution in [1.29, 1.82) is 0 Å². The lowest BCUT2D eigenvalue weighted by Crippen LogP contribution is -2.36. The predicted molar refractivity (Wildman–Crippen MR) is 92.8 cm³/mol. The third-order valence-corrected chi connectivity index (χ3v) is 6.37. The second-order valence-corrected chi connectivity index (χ2v) is 8.42. The van der Waals surface area contributed by atoms with Crippen molar-refractivity contribution >= 4 is 15.9 Å². The van der Waals surface area contributed by atoms with Gasteiger partial charge >= 0.3 is 0 Å². The molecule has 0 spiro atoms. The zero-order valence-corrected chi connectivity index (χ0v) is 15.5. The van der Waals surface area contributed by atoms with Crippen LogP contribution in [-0.4, -0.2) is 44.9 Å². The van der Waals surface area contributed by atoms with E-state index in [0.29, 0.717) is 18.8 Å². The number of nitrogens with one attached hydrogen (secondary N) is 1. The molecule has 1 aromatic carbocycles. The molecule has 0 radical (unpaired) electrons. The topological polar surface area (TPSA) is 75.7 Å². The minimum absolute atomic E-state index is 0.0268. The predicted octanol–water partition coefficient (Wildman–Crippen LogP) is 2.25. The maximum absolute atomic E-state index is 12.7. The zero-order valence-electron chi connectivity index (χ0n) is 14.7. The fourth-order valence-corrected chi connectivity index (χ4v) is 4.10. The first-order valence-electron chi connectivity index (χ1n) is 8.26. The van der Waals surface area contributed by atoms with E-state index < -0.39 is 10.0 Å². The second-order valence-electron chi connectivity index (χ2n) is 6.48. The maximum Gasteiger partial charge on any atom is 0.255 e. The number of ether oxygens (including phenoxy) is 1. The van der Waals surface area contributed by atoms with Crippen LogP contribution in [-0.2, 0) is 10.0 Å². The molecule has 0 bridgehead atoms. The largest absolute Gasteiger partial charge is 0.496 e. The Bertz CT molecular complexity index is 695. The summed E-state index contributed by atoms with van der Waals surface area (Å²) in [6, 6.07) is 4.42. The van der Waals surface area contributed by atoms with Crippen LogP contribution in [0.15, 0.2) is 23.1 Å². The Kier molecular flexibility index (Phi) is 5.87. The standard InChI is InChI=1S/C17H26N2O4S/c1-12(2)13(3)18-17(20)15-11-14(7-8-16(15)23-4)24(21,22)19-9-5-6-10-19/h7-8,11-13H,5-6,9-10H2,1-4H3,(H,18,20). The van der Waals surface area contributed by atoms with Gasteiger partial charge in [0.15, 0.2) is 0 Å². The SMILES string of the molecule is COc1ccc(S(=O)(=O)N2CCCC2)cc1C(=O)NC(C)C(C)C. The summed E-state index contributed by atoms with van der Waals surface area (Å²) in [6.45, 7) is 6.99. The van der Waals surface area contributed by atoms with Crippen LogP contribution in [0.25, 0.3) is 0 Å². The van der Waals surface area contributed by atoms with Crippen molar-refractivity contribution < 1.29 is 17.9 Å². The van der Waals surface area contributed by atoms with Gasteiger partial charge in [-0.05, 0) is 43.9 Å². The quantitative estimate of drug-likeness (QED) is 0.850. The number of sulfonamides is 1. The van der Waals surface area contributed by atoms with Gasteiger partial charge < -0.3 is 10.1 Å². The summed E-state index contributed by atoms with van der Waals surface area (Å²) < 4.78 is 32.1. The molecule has 1 unspecified atom stereocenters. The Morgan fingerprint density at radius 1 is 1.21 bits per heavy atom. The highest BCUT2D eigenvalue weighted by Crippen LogP contribution is 2.26. The Morgan fingerprint density at radius 2 is 1.83 bits per heavy atom. The summed E-state index contributed by atoms with van der Waals surface area (Å²) in [6.07, 6.45) is 1.74. The molecule has 1 aromatic rings. The monoisotopic (exact) mass is 354 g/mol.